The normalized spacial score (nSPS) is 11.1. The van der Waals surface area contributed by atoms with E-state index in [1.807, 2.05) is 52.0 Å². The Morgan fingerprint density at radius 3 is 1.35 bits per heavy atom. The molecule has 0 unspecified atom stereocenters. The Kier molecular flexibility index (Phi) is 6.94. The molecule has 0 aromatic heterocycles. The maximum Gasteiger partial charge on any atom is 0.200 e. The van der Waals surface area contributed by atoms with Gasteiger partial charge in [-0.1, -0.05) is 42.5 Å². The van der Waals surface area contributed by atoms with Crippen LogP contribution in [-0.4, -0.2) is 30.6 Å². The molecule has 0 heterocycles. The molecule has 0 aliphatic heterocycles. The zero-order chi connectivity index (χ0) is 27.0. The number of phenolic OH excluding ortho intramolecular Hbond substituents is 6. The van der Waals surface area contributed by atoms with E-state index < -0.39 is 17.2 Å². The van der Waals surface area contributed by atoms with Crippen molar-refractivity contribution in [1.29, 1.82) is 0 Å². The molecular weight excluding hydrogens is 468 g/mol. The maximum absolute atomic E-state index is 11.3. The molecule has 0 saturated heterocycles. The first-order valence-electron chi connectivity index (χ1n) is 12.1. The van der Waals surface area contributed by atoms with E-state index >= 15 is 0 Å². The van der Waals surface area contributed by atoms with Gasteiger partial charge in [-0.3, -0.25) is 0 Å². The van der Waals surface area contributed by atoms with E-state index in [0.717, 1.165) is 27.8 Å². The smallest absolute Gasteiger partial charge is 0.200 e. The molecule has 4 aromatic rings. The Bertz CT molecular complexity index is 1420. The molecule has 0 fully saturated rings. The zero-order valence-corrected chi connectivity index (χ0v) is 21.4. The number of rotatable bonds is 6. The first-order valence-corrected chi connectivity index (χ1v) is 12.1. The second-order valence-corrected chi connectivity index (χ2v) is 9.76. The minimum absolute atomic E-state index is 0.0665. The van der Waals surface area contributed by atoms with Gasteiger partial charge in [-0.2, -0.15) is 0 Å². The Labute approximate surface area is 216 Å². The molecule has 4 aromatic carbocycles. The summed E-state index contributed by atoms with van der Waals surface area (Å²) in [4.78, 5) is 0. The van der Waals surface area contributed by atoms with Gasteiger partial charge in [0.15, 0.2) is 11.5 Å². The molecule has 0 aliphatic carbocycles. The van der Waals surface area contributed by atoms with Crippen molar-refractivity contribution in [2.45, 2.75) is 47.0 Å². The van der Waals surface area contributed by atoms with Gasteiger partial charge in [-0.25, -0.2) is 0 Å². The number of hydrogen-bond donors (Lipinski definition) is 6. The van der Waals surface area contributed by atoms with Crippen molar-refractivity contribution >= 4 is 0 Å². The molecule has 192 valence electrons. The fraction of sp³-hybridized carbons (Fsp3) is 0.226. The molecule has 6 N–H and O–H groups in total. The highest BCUT2D eigenvalue weighted by Crippen LogP contribution is 2.39. The van der Waals surface area contributed by atoms with E-state index in [1.54, 1.807) is 12.1 Å². The van der Waals surface area contributed by atoms with Crippen LogP contribution in [0, 0.1) is 27.7 Å². The lowest BCUT2D eigenvalue weighted by atomic mass is 9.90. The standard InChI is InChI=1S/C31H32O6/c1-16-5-7-22(27(33)18(16)3)14-24-12-20(11-21-9-10-26(32)31(37)30(21)36)13-25(29(24)35)15-23-8-6-17(2)19(4)28(23)34/h5-10,12-13,32-37H,11,14-15H2,1-4H3. The van der Waals surface area contributed by atoms with Crippen LogP contribution in [0.15, 0.2) is 48.5 Å². The van der Waals surface area contributed by atoms with Gasteiger partial charge < -0.3 is 30.6 Å². The average Bonchev–Trinajstić information content (AvgIpc) is 2.87. The van der Waals surface area contributed by atoms with Crippen molar-refractivity contribution in [3.8, 4) is 34.5 Å². The van der Waals surface area contributed by atoms with Crippen molar-refractivity contribution in [3.63, 3.8) is 0 Å². The lowest BCUT2D eigenvalue weighted by molar-refractivity contribution is 0.365. The maximum atomic E-state index is 11.3. The minimum atomic E-state index is -0.586. The molecule has 4 rings (SSSR count). The Morgan fingerprint density at radius 2 is 0.865 bits per heavy atom. The predicted molar refractivity (Wildman–Crippen MR) is 143 cm³/mol. The second-order valence-electron chi connectivity index (χ2n) is 9.76. The first kappa shape index (κ1) is 25.8. The molecular formula is C31H32O6. The number of benzene rings is 4. The zero-order valence-electron chi connectivity index (χ0n) is 21.4. The second kappa shape index (κ2) is 9.97. The number of hydrogen-bond acceptors (Lipinski definition) is 6. The van der Waals surface area contributed by atoms with E-state index in [9.17, 15) is 30.6 Å². The largest absolute Gasteiger partial charge is 0.507 e. The number of aromatic hydroxyl groups is 6. The first-order chi connectivity index (χ1) is 17.5. The molecule has 0 atom stereocenters. The van der Waals surface area contributed by atoms with Crippen molar-refractivity contribution in [2.24, 2.45) is 0 Å². The van der Waals surface area contributed by atoms with Crippen LogP contribution in [0.5, 0.6) is 34.5 Å². The van der Waals surface area contributed by atoms with Gasteiger partial charge in [0.1, 0.15) is 17.2 Å². The Hall–Kier alpha value is -4.32. The van der Waals surface area contributed by atoms with Crippen LogP contribution in [-0.2, 0) is 19.3 Å². The summed E-state index contributed by atoms with van der Waals surface area (Å²) in [5.41, 5.74) is 7.13. The summed E-state index contributed by atoms with van der Waals surface area (Å²) < 4.78 is 0. The Balaban J connectivity index is 1.82. The van der Waals surface area contributed by atoms with Crippen LogP contribution in [0.25, 0.3) is 0 Å². The summed E-state index contributed by atoms with van der Waals surface area (Å²) in [6.45, 7) is 7.53. The van der Waals surface area contributed by atoms with Crippen molar-refractivity contribution in [3.05, 3.63) is 104 Å². The van der Waals surface area contributed by atoms with Gasteiger partial charge in [-0.15, -0.1) is 0 Å². The van der Waals surface area contributed by atoms with Gasteiger partial charge in [0.05, 0.1) is 0 Å². The van der Waals surface area contributed by atoms with E-state index in [4.69, 9.17) is 0 Å². The third-order valence-electron chi connectivity index (χ3n) is 7.27. The predicted octanol–water partition coefficient (Wildman–Crippen LogP) is 5.93. The van der Waals surface area contributed by atoms with Crippen molar-refractivity contribution < 1.29 is 30.6 Å². The third kappa shape index (κ3) is 5.00. The molecule has 0 spiro atoms. The van der Waals surface area contributed by atoms with Gasteiger partial charge in [0.25, 0.3) is 0 Å². The lowest BCUT2D eigenvalue weighted by Gasteiger charge is -2.17. The van der Waals surface area contributed by atoms with Crippen LogP contribution in [0.2, 0.25) is 0 Å². The monoisotopic (exact) mass is 500 g/mol. The topological polar surface area (TPSA) is 121 Å². The van der Waals surface area contributed by atoms with Gasteiger partial charge >= 0.3 is 0 Å². The van der Waals surface area contributed by atoms with E-state index in [2.05, 4.69) is 0 Å². The summed E-state index contributed by atoms with van der Waals surface area (Å²) in [5.74, 6) is -0.981. The fourth-order valence-electron chi connectivity index (χ4n) is 4.59. The van der Waals surface area contributed by atoms with E-state index in [1.165, 1.54) is 12.1 Å². The minimum Gasteiger partial charge on any atom is -0.507 e. The third-order valence-corrected chi connectivity index (χ3v) is 7.27. The molecule has 0 bridgehead atoms. The number of aryl methyl sites for hydroxylation is 2. The van der Waals surface area contributed by atoms with Crippen LogP contribution >= 0.6 is 0 Å². The summed E-state index contributed by atoms with van der Waals surface area (Å²) >= 11 is 0. The molecule has 6 nitrogen and oxygen atoms in total. The van der Waals surface area contributed by atoms with Crippen LogP contribution < -0.4 is 0 Å². The average molecular weight is 501 g/mol. The summed E-state index contributed by atoms with van der Waals surface area (Å²) in [6.07, 6.45) is 0.758. The van der Waals surface area contributed by atoms with Gasteiger partial charge in [-0.05, 0) is 83.8 Å². The highest BCUT2D eigenvalue weighted by atomic mass is 16.3. The van der Waals surface area contributed by atoms with Crippen LogP contribution in [0.1, 0.15) is 55.6 Å². The highest BCUT2D eigenvalue weighted by Gasteiger charge is 2.18. The van der Waals surface area contributed by atoms with Crippen LogP contribution in [0.3, 0.4) is 0 Å². The molecule has 0 radical (unpaired) electrons. The summed E-state index contributed by atoms with van der Waals surface area (Å²) in [5, 5.41) is 62.8. The van der Waals surface area contributed by atoms with Crippen LogP contribution in [0.4, 0.5) is 0 Å². The van der Waals surface area contributed by atoms with Crippen molar-refractivity contribution in [2.75, 3.05) is 0 Å². The fourth-order valence-corrected chi connectivity index (χ4v) is 4.59. The van der Waals surface area contributed by atoms with E-state index in [-0.39, 0.29) is 36.5 Å². The Morgan fingerprint density at radius 1 is 0.432 bits per heavy atom. The summed E-state index contributed by atoms with van der Waals surface area (Å²) in [7, 11) is 0. The van der Waals surface area contributed by atoms with E-state index in [0.29, 0.717) is 27.8 Å². The van der Waals surface area contributed by atoms with Gasteiger partial charge in [0.2, 0.25) is 5.75 Å². The quantitative estimate of drug-likeness (QED) is 0.183. The van der Waals surface area contributed by atoms with Crippen molar-refractivity contribution in [1.82, 2.24) is 0 Å². The lowest BCUT2D eigenvalue weighted by Crippen LogP contribution is -2.01. The SMILES string of the molecule is Cc1ccc(Cc2cc(Cc3ccc(O)c(O)c3O)cc(Cc3ccc(C)c(C)c3O)c2O)c(O)c1C. The number of phenols is 6. The van der Waals surface area contributed by atoms with Gasteiger partial charge in [0, 0.05) is 24.8 Å². The molecule has 0 amide bonds. The molecule has 6 heteroatoms. The molecule has 37 heavy (non-hydrogen) atoms. The summed E-state index contributed by atoms with van der Waals surface area (Å²) in [6, 6.07) is 14.0. The molecule has 0 saturated carbocycles. The highest BCUT2D eigenvalue weighted by molar-refractivity contribution is 5.57. The molecule has 0 aliphatic rings.